The second kappa shape index (κ2) is 7.59. The smallest absolute Gasteiger partial charge is 0.252 e. The third-order valence-electron chi connectivity index (χ3n) is 2.97. The van der Waals surface area contributed by atoms with Crippen LogP contribution in [-0.4, -0.2) is 11.0 Å². The summed E-state index contributed by atoms with van der Waals surface area (Å²) in [6.07, 6.45) is 0. The lowest BCUT2D eigenvalue weighted by atomic mass is 10.0. The second-order valence-corrected chi connectivity index (χ2v) is 6.61. The second-order valence-electron chi connectivity index (χ2n) is 4.71. The Balaban J connectivity index is 3.14. The first-order valence-corrected chi connectivity index (χ1v) is 7.69. The Bertz CT molecular complexity index is 630. The zero-order chi connectivity index (χ0) is 16.2. The van der Waals surface area contributed by atoms with Crippen LogP contribution in [-0.2, 0) is 4.79 Å². The number of rotatable bonds is 4. The minimum atomic E-state index is -1.02. The van der Waals surface area contributed by atoms with Gasteiger partial charge < -0.3 is 0 Å². The van der Waals surface area contributed by atoms with Gasteiger partial charge in [0.1, 0.15) is 5.82 Å². The van der Waals surface area contributed by atoms with Crippen LogP contribution in [0.25, 0.3) is 10.4 Å². The normalized spacial score (nSPS) is 11.9. The lowest BCUT2D eigenvalue weighted by Crippen LogP contribution is -2.13. The van der Waals surface area contributed by atoms with Crippen molar-refractivity contribution in [1.82, 2.24) is 0 Å². The molecule has 0 N–H and O–H groups in total. The van der Waals surface area contributed by atoms with Gasteiger partial charge in [-0.15, -0.1) is 0 Å². The number of azide groups is 1. The van der Waals surface area contributed by atoms with Gasteiger partial charge in [0.2, 0.25) is 0 Å². The van der Waals surface area contributed by atoms with Gasteiger partial charge in [-0.3, -0.25) is 9.59 Å². The van der Waals surface area contributed by atoms with E-state index in [1.165, 1.54) is 6.07 Å². The van der Waals surface area contributed by atoms with Gasteiger partial charge in [-0.1, -0.05) is 32.5 Å². The molecular formula is C13H13BrFN3O2S. The molecule has 1 aromatic rings. The van der Waals surface area contributed by atoms with E-state index in [9.17, 15) is 14.0 Å². The number of benzene rings is 1. The quantitative estimate of drug-likeness (QED) is 0.324. The fraction of sp³-hybridized carbons (Fsp3) is 0.385. The predicted octanol–water partition coefficient (Wildman–Crippen LogP) is 4.95. The number of carbonyl (C=O) groups is 2. The van der Waals surface area contributed by atoms with Crippen molar-refractivity contribution in [3.63, 3.8) is 0 Å². The Morgan fingerprint density at radius 1 is 1.38 bits per heavy atom. The fourth-order valence-electron chi connectivity index (χ4n) is 1.34. The van der Waals surface area contributed by atoms with E-state index in [0.717, 1.165) is 17.8 Å². The molecule has 0 radical (unpaired) electrons. The molecule has 0 fully saturated rings. The van der Waals surface area contributed by atoms with Crippen molar-refractivity contribution < 1.29 is 14.0 Å². The van der Waals surface area contributed by atoms with Crippen molar-refractivity contribution in [2.75, 3.05) is 0 Å². The maximum atomic E-state index is 13.7. The van der Waals surface area contributed by atoms with Crippen molar-refractivity contribution in [1.29, 1.82) is 0 Å². The molecule has 8 heteroatoms. The van der Waals surface area contributed by atoms with E-state index < -0.39 is 11.7 Å². The number of halogens is 2. The van der Waals surface area contributed by atoms with E-state index in [2.05, 4.69) is 26.0 Å². The number of nitrogens with zero attached hydrogens (tertiary/aromatic N) is 3. The first-order valence-electron chi connectivity index (χ1n) is 6.08. The lowest BCUT2D eigenvalue weighted by Gasteiger charge is -2.14. The standard InChI is InChI=1S/C13H13BrFN3O2S/c1-6(2)7(3)13(20)21-11-4-8(12(19)17-18-16)10(15)5-9(11)14/h4-7H,1-3H3. The van der Waals surface area contributed by atoms with Crippen LogP contribution in [0, 0.1) is 17.7 Å². The summed E-state index contributed by atoms with van der Waals surface area (Å²) in [5, 5.41) is 2.78. The van der Waals surface area contributed by atoms with Gasteiger partial charge in [0, 0.05) is 20.2 Å². The summed E-state index contributed by atoms with van der Waals surface area (Å²) >= 11 is 4.08. The molecule has 0 aromatic heterocycles. The first kappa shape index (κ1) is 17.7. The molecule has 0 aliphatic rings. The van der Waals surface area contributed by atoms with Crippen LogP contribution in [0.3, 0.4) is 0 Å². The molecule has 0 spiro atoms. The number of amides is 1. The summed E-state index contributed by atoms with van der Waals surface area (Å²) < 4.78 is 14.1. The molecule has 112 valence electrons. The van der Waals surface area contributed by atoms with Crippen LogP contribution in [0.15, 0.2) is 26.6 Å². The van der Waals surface area contributed by atoms with Crippen molar-refractivity contribution >= 4 is 38.7 Å². The Labute approximate surface area is 134 Å². The highest BCUT2D eigenvalue weighted by molar-refractivity contribution is 9.10. The molecular weight excluding hydrogens is 361 g/mol. The zero-order valence-corrected chi connectivity index (χ0v) is 14.0. The van der Waals surface area contributed by atoms with Crippen molar-refractivity contribution in [2.45, 2.75) is 25.7 Å². The number of hydrogen-bond acceptors (Lipinski definition) is 3. The maximum absolute atomic E-state index is 13.7. The van der Waals surface area contributed by atoms with E-state index in [1.54, 1.807) is 0 Å². The average molecular weight is 374 g/mol. The first-order chi connectivity index (χ1) is 9.77. The Morgan fingerprint density at radius 3 is 2.52 bits per heavy atom. The molecule has 1 rings (SSSR count). The Morgan fingerprint density at radius 2 is 2.00 bits per heavy atom. The van der Waals surface area contributed by atoms with Crippen LogP contribution in [0.4, 0.5) is 4.39 Å². The predicted molar refractivity (Wildman–Crippen MR) is 82.4 cm³/mol. The highest BCUT2D eigenvalue weighted by atomic mass is 79.9. The molecule has 1 atom stereocenters. The molecule has 5 nitrogen and oxygen atoms in total. The molecule has 0 aliphatic carbocycles. The summed E-state index contributed by atoms with van der Waals surface area (Å²) in [6.45, 7) is 5.67. The van der Waals surface area contributed by atoms with E-state index in [-0.39, 0.29) is 22.5 Å². The molecule has 21 heavy (non-hydrogen) atoms. The van der Waals surface area contributed by atoms with Gasteiger partial charge in [0.25, 0.3) is 5.91 Å². The van der Waals surface area contributed by atoms with Crippen LogP contribution in [0.2, 0.25) is 0 Å². The summed E-state index contributed by atoms with van der Waals surface area (Å²) in [5.41, 5.74) is 7.88. The van der Waals surface area contributed by atoms with Crippen molar-refractivity contribution in [3.8, 4) is 0 Å². The van der Waals surface area contributed by atoms with E-state index in [1.807, 2.05) is 20.8 Å². The Hall–Kier alpha value is -1.37. The van der Waals surface area contributed by atoms with E-state index in [0.29, 0.717) is 9.37 Å². The molecule has 1 aromatic carbocycles. The molecule has 0 bridgehead atoms. The summed E-state index contributed by atoms with van der Waals surface area (Å²) in [7, 11) is 0. The molecule has 0 heterocycles. The van der Waals surface area contributed by atoms with E-state index >= 15 is 0 Å². The number of carbonyl (C=O) groups excluding carboxylic acids is 2. The van der Waals surface area contributed by atoms with Crippen LogP contribution < -0.4 is 0 Å². The van der Waals surface area contributed by atoms with Crippen molar-refractivity contribution in [2.24, 2.45) is 17.0 Å². The summed E-state index contributed by atoms with van der Waals surface area (Å²) in [6, 6.07) is 2.29. The van der Waals surface area contributed by atoms with Gasteiger partial charge in [0.15, 0.2) is 5.12 Å². The molecule has 1 unspecified atom stereocenters. The summed E-state index contributed by atoms with van der Waals surface area (Å²) in [4.78, 5) is 26.3. The average Bonchev–Trinajstić information content (AvgIpc) is 2.40. The summed E-state index contributed by atoms with van der Waals surface area (Å²) in [5.74, 6) is -1.83. The number of thioether (sulfide) groups is 1. The molecule has 0 aliphatic heterocycles. The maximum Gasteiger partial charge on any atom is 0.252 e. The third-order valence-corrected chi connectivity index (χ3v) is 5.02. The molecule has 0 saturated carbocycles. The van der Waals surface area contributed by atoms with Gasteiger partial charge in [0.05, 0.1) is 5.56 Å². The third kappa shape index (κ3) is 4.56. The van der Waals surface area contributed by atoms with Gasteiger partial charge in [-0.05, 0) is 44.6 Å². The molecule has 0 saturated heterocycles. The minimum Gasteiger partial charge on any atom is -0.287 e. The molecule has 1 amide bonds. The van der Waals surface area contributed by atoms with Crippen molar-refractivity contribution in [3.05, 3.63) is 38.4 Å². The highest BCUT2D eigenvalue weighted by Gasteiger charge is 2.21. The van der Waals surface area contributed by atoms with Gasteiger partial charge in [-0.2, -0.15) is 0 Å². The largest absolute Gasteiger partial charge is 0.287 e. The zero-order valence-electron chi connectivity index (χ0n) is 11.6. The topological polar surface area (TPSA) is 82.9 Å². The van der Waals surface area contributed by atoms with Crippen LogP contribution >= 0.6 is 27.7 Å². The SMILES string of the molecule is CC(C)C(C)C(=O)Sc1cc(C(=O)N=[N+]=[N-])c(F)cc1Br. The monoisotopic (exact) mass is 373 g/mol. The van der Waals surface area contributed by atoms with Crippen LogP contribution in [0.1, 0.15) is 31.1 Å². The van der Waals surface area contributed by atoms with Gasteiger partial charge in [-0.25, -0.2) is 4.39 Å². The van der Waals surface area contributed by atoms with E-state index in [4.69, 9.17) is 5.53 Å². The Kier molecular flexibility index (Phi) is 6.39. The fourth-order valence-corrected chi connectivity index (χ4v) is 2.91. The lowest BCUT2D eigenvalue weighted by molar-refractivity contribution is -0.114. The van der Waals surface area contributed by atoms with Crippen LogP contribution in [0.5, 0.6) is 0 Å². The highest BCUT2D eigenvalue weighted by Crippen LogP contribution is 2.33. The minimum absolute atomic E-state index is 0.0838. The number of hydrogen-bond donors (Lipinski definition) is 0. The van der Waals surface area contributed by atoms with Gasteiger partial charge >= 0.3 is 0 Å².